The van der Waals surface area contributed by atoms with Gasteiger partial charge in [0.25, 0.3) is 0 Å². The van der Waals surface area contributed by atoms with Crippen LogP contribution in [0.2, 0.25) is 5.02 Å². The first kappa shape index (κ1) is 34.0. The van der Waals surface area contributed by atoms with Gasteiger partial charge in [0.2, 0.25) is 0 Å². The number of nitrogens with one attached hydrogen (secondary N) is 1. The van der Waals surface area contributed by atoms with Gasteiger partial charge in [0.15, 0.2) is 0 Å². The second-order valence-corrected chi connectivity index (χ2v) is 10.3. The van der Waals surface area contributed by atoms with Crippen LogP contribution in [0.1, 0.15) is 57.2 Å². The summed E-state index contributed by atoms with van der Waals surface area (Å²) in [7, 11) is 1.88. The first-order valence-electron chi connectivity index (χ1n) is 13.4. The van der Waals surface area contributed by atoms with Crippen molar-refractivity contribution >= 4 is 17.3 Å². The molecule has 0 radical (unpaired) electrons. The molecule has 0 aliphatic heterocycles. The number of aliphatic hydroxyl groups excluding tert-OH is 3. The van der Waals surface area contributed by atoms with Gasteiger partial charge >= 0.3 is 0 Å². The van der Waals surface area contributed by atoms with E-state index in [2.05, 4.69) is 86.9 Å². The minimum Gasteiger partial charge on any atom is -0.513 e. The second-order valence-electron chi connectivity index (χ2n) is 9.89. The van der Waals surface area contributed by atoms with Crippen molar-refractivity contribution in [3.8, 4) is 22.3 Å². The number of allylic oxidation sites excluding steroid dienone is 1. The molecule has 0 heterocycles. The summed E-state index contributed by atoms with van der Waals surface area (Å²) >= 11 is 6.44. The zero-order valence-corrected chi connectivity index (χ0v) is 25.3. The number of benzene rings is 3. The van der Waals surface area contributed by atoms with Gasteiger partial charge in [0, 0.05) is 23.3 Å². The number of hydrogen-bond donors (Lipinski definition) is 4. The molecule has 3 rings (SSSR count). The van der Waals surface area contributed by atoms with E-state index in [9.17, 15) is 10.2 Å². The van der Waals surface area contributed by atoms with E-state index in [1.165, 1.54) is 29.2 Å². The lowest BCUT2D eigenvalue weighted by molar-refractivity contribution is -0.0149. The molecule has 3 atom stereocenters. The Labute approximate surface area is 240 Å². The van der Waals surface area contributed by atoms with E-state index in [1.807, 2.05) is 33.9 Å². The largest absolute Gasteiger partial charge is 0.513 e. The van der Waals surface area contributed by atoms with Gasteiger partial charge < -0.3 is 20.6 Å². The maximum atomic E-state index is 9.34. The highest BCUT2D eigenvalue weighted by molar-refractivity contribution is 6.33. The maximum absolute atomic E-state index is 9.34. The number of aryl methyl sites for hydroxylation is 2. The van der Waals surface area contributed by atoms with Gasteiger partial charge in [-0.2, -0.15) is 0 Å². The summed E-state index contributed by atoms with van der Waals surface area (Å²) < 4.78 is 0. The van der Waals surface area contributed by atoms with E-state index in [-0.39, 0.29) is 11.7 Å². The molecule has 0 amide bonds. The summed E-state index contributed by atoms with van der Waals surface area (Å²) in [6.07, 6.45) is 0.453. The second kappa shape index (κ2) is 16.8. The van der Waals surface area contributed by atoms with Crippen molar-refractivity contribution in [2.75, 3.05) is 7.05 Å². The fourth-order valence-corrected chi connectivity index (χ4v) is 4.04. The lowest BCUT2D eigenvalue weighted by Crippen LogP contribution is -2.31. The van der Waals surface area contributed by atoms with Crippen molar-refractivity contribution in [3.63, 3.8) is 0 Å². The van der Waals surface area contributed by atoms with Crippen LogP contribution < -0.4 is 5.32 Å². The van der Waals surface area contributed by atoms with Crippen molar-refractivity contribution in [1.29, 1.82) is 0 Å². The fourth-order valence-electron chi connectivity index (χ4n) is 3.71. The zero-order chi connectivity index (χ0) is 29.7. The molecule has 39 heavy (non-hydrogen) atoms. The highest BCUT2D eigenvalue weighted by Crippen LogP contribution is 2.32. The van der Waals surface area contributed by atoms with Gasteiger partial charge in [0.05, 0.1) is 18.0 Å². The van der Waals surface area contributed by atoms with Crippen molar-refractivity contribution < 1.29 is 15.3 Å². The monoisotopic (exact) mass is 551 g/mol. The van der Waals surface area contributed by atoms with Crippen molar-refractivity contribution in [2.24, 2.45) is 5.92 Å². The van der Waals surface area contributed by atoms with Crippen LogP contribution in [0.5, 0.6) is 0 Å². The fraction of sp³-hybridized carbons (Fsp3) is 0.353. The molecule has 3 aromatic rings. The average molecular weight is 552 g/mol. The molecule has 212 valence electrons. The Morgan fingerprint density at radius 1 is 0.846 bits per heavy atom. The zero-order valence-electron chi connectivity index (χ0n) is 24.6. The molecular formula is C34H46ClNO3. The van der Waals surface area contributed by atoms with Gasteiger partial charge in [-0.15, -0.1) is 0 Å². The summed E-state index contributed by atoms with van der Waals surface area (Å²) in [5.74, 6) is 0.370. The highest BCUT2D eigenvalue weighted by atomic mass is 35.5. The molecule has 0 aromatic heterocycles. The van der Waals surface area contributed by atoms with Gasteiger partial charge in [0.1, 0.15) is 0 Å². The third-order valence-electron chi connectivity index (χ3n) is 6.69. The van der Waals surface area contributed by atoms with E-state index in [0.717, 1.165) is 33.8 Å². The third kappa shape index (κ3) is 10.9. The summed E-state index contributed by atoms with van der Waals surface area (Å²) in [4.78, 5) is 0. The Bertz CT molecular complexity index is 1170. The molecule has 3 aromatic carbocycles. The molecule has 0 saturated heterocycles. The van der Waals surface area contributed by atoms with Gasteiger partial charge in [-0.1, -0.05) is 100 Å². The normalized spacial score (nSPS) is 12.6. The molecular weight excluding hydrogens is 506 g/mol. The van der Waals surface area contributed by atoms with Crippen LogP contribution in [0.4, 0.5) is 0 Å². The smallest absolute Gasteiger partial charge is 0.0824 e. The standard InChI is InChI=1S/C23H22ClN.C8H18O2.C3H6O/c1-15-13-22(23(24)14-16(15)2)21-11-9-20(10-12-21)19-7-5-18(6-8-19)17(3)25-4;1-4-6(3)8(10)7(9)5-2;1-3(2)4/h5-14,25H,3H2,1-2,4H3;6-10H,4-5H2,1-3H3;4H,1H2,2H3/t;6-,7-,8?;/m.1./s1. The van der Waals surface area contributed by atoms with E-state index in [0.29, 0.717) is 6.42 Å². The van der Waals surface area contributed by atoms with Crippen molar-refractivity contribution in [2.45, 2.75) is 66.6 Å². The van der Waals surface area contributed by atoms with Gasteiger partial charge in [-0.3, -0.25) is 0 Å². The Balaban J connectivity index is 0.000000453. The lowest BCUT2D eigenvalue weighted by atomic mass is 9.96. The number of halogens is 1. The minimum absolute atomic E-state index is 0.167. The van der Waals surface area contributed by atoms with Crippen LogP contribution in [-0.4, -0.2) is 34.6 Å². The average Bonchev–Trinajstić information content (AvgIpc) is 2.93. The van der Waals surface area contributed by atoms with Crippen LogP contribution in [0.25, 0.3) is 28.0 Å². The van der Waals surface area contributed by atoms with Gasteiger partial charge in [-0.05, 0) is 78.6 Å². The summed E-state index contributed by atoms with van der Waals surface area (Å²) in [5, 5.41) is 30.2. The predicted octanol–water partition coefficient (Wildman–Crippen LogP) is 8.72. The lowest BCUT2D eigenvalue weighted by Gasteiger charge is -2.21. The summed E-state index contributed by atoms with van der Waals surface area (Å²) in [6, 6.07) is 21.2. The van der Waals surface area contributed by atoms with Crippen molar-refractivity contribution in [3.05, 3.63) is 101 Å². The van der Waals surface area contributed by atoms with E-state index in [4.69, 9.17) is 16.7 Å². The van der Waals surface area contributed by atoms with Crippen LogP contribution in [0, 0.1) is 19.8 Å². The van der Waals surface area contributed by atoms with Crippen LogP contribution >= 0.6 is 11.6 Å². The molecule has 0 saturated carbocycles. The Kier molecular flexibility index (Phi) is 14.6. The summed E-state index contributed by atoms with van der Waals surface area (Å²) in [5.41, 5.74) is 9.08. The third-order valence-corrected chi connectivity index (χ3v) is 7.00. The highest BCUT2D eigenvalue weighted by Gasteiger charge is 2.19. The number of rotatable bonds is 8. The first-order chi connectivity index (χ1) is 18.4. The molecule has 0 aliphatic rings. The summed E-state index contributed by atoms with van der Waals surface area (Å²) in [6.45, 7) is 18.7. The predicted molar refractivity (Wildman–Crippen MR) is 169 cm³/mol. The van der Waals surface area contributed by atoms with E-state index in [1.54, 1.807) is 0 Å². The maximum Gasteiger partial charge on any atom is 0.0824 e. The molecule has 0 fully saturated rings. The topological polar surface area (TPSA) is 72.7 Å². The van der Waals surface area contributed by atoms with Gasteiger partial charge in [-0.25, -0.2) is 0 Å². The Morgan fingerprint density at radius 2 is 1.28 bits per heavy atom. The Hall–Kier alpha value is -3.05. The molecule has 5 heteroatoms. The molecule has 4 nitrogen and oxygen atoms in total. The molecule has 0 bridgehead atoms. The quantitative estimate of drug-likeness (QED) is 0.211. The van der Waals surface area contributed by atoms with Crippen molar-refractivity contribution in [1.82, 2.24) is 5.32 Å². The number of aliphatic hydroxyl groups is 3. The minimum atomic E-state index is -0.546. The molecule has 4 N–H and O–H groups in total. The molecule has 0 aliphatic carbocycles. The first-order valence-corrected chi connectivity index (χ1v) is 13.8. The van der Waals surface area contributed by atoms with Crippen LogP contribution in [0.3, 0.4) is 0 Å². The van der Waals surface area contributed by atoms with E-state index < -0.39 is 12.2 Å². The Morgan fingerprint density at radius 3 is 1.72 bits per heavy atom. The van der Waals surface area contributed by atoms with Crippen LogP contribution in [-0.2, 0) is 0 Å². The molecule has 0 spiro atoms. The number of hydrogen-bond acceptors (Lipinski definition) is 4. The SMILES string of the molecule is C=C(C)O.C=C(NC)c1ccc(-c2ccc(-c3cc(C)c(C)cc3Cl)cc2)cc1.CC[C@@H](C)C(O)[C@H](O)CC. The van der Waals surface area contributed by atoms with E-state index >= 15 is 0 Å². The molecule has 1 unspecified atom stereocenters. The van der Waals surface area contributed by atoms with Crippen LogP contribution in [0.15, 0.2) is 79.6 Å².